The van der Waals surface area contributed by atoms with Crippen LogP contribution in [0.4, 0.5) is 5.82 Å². The summed E-state index contributed by atoms with van der Waals surface area (Å²) in [7, 11) is 0. The first-order valence-electron chi connectivity index (χ1n) is 5.26. The molecule has 2 heterocycles. The molecule has 2 rings (SSSR count). The fourth-order valence-corrected chi connectivity index (χ4v) is 1.91. The number of hydrogen-bond acceptors (Lipinski definition) is 3. The molecular formula is C10H18N4. The molecule has 78 valence electrons. The minimum Gasteiger partial charge on any atom is -0.384 e. The first-order valence-corrected chi connectivity index (χ1v) is 5.26. The zero-order valence-corrected chi connectivity index (χ0v) is 8.66. The van der Waals surface area contributed by atoms with Crippen molar-refractivity contribution >= 4 is 5.82 Å². The van der Waals surface area contributed by atoms with E-state index in [0.29, 0.717) is 5.82 Å². The number of H-pyrrole nitrogens is 1. The zero-order chi connectivity index (χ0) is 9.97. The molecule has 1 aliphatic heterocycles. The Bertz CT molecular complexity index is 286. The van der Waals surface area contributed by atoms with Gasteiger partial charge in [0, 0.05) is 12.1 Å². The summed E-state index contributed by atoms with van der Waals surface area (Å²) in [5.74, 6) is 1.59. The SMILES string of the molecule is CC1CCN(Cc2cn[nH]c2N)CC1. The van der Waals surface area contributed by atoms with Crippen LogP contribution in [0.15, 0.2) is 6.20 Å². The molecule has 0 amide bonds. The second-order valence-electron chi connectivity index (χ2n) is 4.27. The Morgan fingerprint density at radius 1 is 1.57 bits per heavy atom. The molecule has 0 radical (unpaired) electrons. The van der Waals surface area contributed by atoms with Gasteiger partial charge in [-0.3, -0.25) is 10.00 Å². The van der Waals surface area contributed by atoms with Crippen molar-refractivity contribution in [1.29, 1.82) is 0 Å². The Morgan fingerprint density at radius 2 is 2.29 bits per heavy atom. The van der Waals surface area contributed by atoms with Crippen LogP contribution in [0.25, 0.3) is 0 Å². The van der Waals surface area contributed by atoms with E-state index in [4.69, 9.17) is 5.73 Å². The van der Waals surface area contributed by atoms with Crippen molar-refractivity contribution < 1.29 is 0 Å². The normalized spacial score (nSPS) is 20.1. The molecule has 0 spiro atoms. The number of aromatic nitrogens is 2. The number of nitrogens with zero attached hydrogens (tertiary/aromatic N) is 2. The molecule has 1 fully saturated rings. The van der Waals surface area contributed by atoms with E-state index in [1.165, 1.54) is 25.9 Å². The van der Waals surface area contributed by atoms with Gasteiger partial charge in [0.2, 0.25) is 0 Å². The van der Waals surface area contributed by atoms with E-state index in [9.17, 15) is 0 Å². The number of hydrogen-bond donors (Lipinski definition) is 2. The van der Waals surface area contributed by atoms with Gasteiger partial charge in [-0.15, -0.1) is 0 Å². The van der Waals surface area contributed by atoms with Crippen LogP contribution >= 0.6 is 0 Å². The molecule has 14 heavy (non-hydrogen) atoms. The number of piperidine rings is 1. The smallest absolute Gasteiger partial charge is 0.123 e. The lowest BCUT2D eigenvalue weighted by molar-refractivity contribution is 0.185. The summed E-state index contributed by atoms with van der Waals surface area (Å²) in [6.45, 7) is 5.64. The summed E-state index contributed by atoms with van der Waals surface area (Å²) in [6.07, 6.45) is 4.43. The Hall–Kier alpha value is -1.03. The third-order valence-electron chi connectivity index (χ3n) is 3.02. The number of likely N-dealkylation sites (tertiary alicyclic amines) is 1. The van der Waals surface area contributed by atoms with Crippen LogP contribution in [0.2, 0.25) is 0 Å². The molecule has 1 aromatic rings. The van der Waals surface area contributed by atoms with Crippen molar-refractivity contribution in [2.45, 2.75) is 26.3 Å². The van der Waals surface area contributed by atoms with E-state index in [2.05, 4.69) is 22.0 Å². The molecule has 1 saturated heterocycles. The lowest BCUT2D eigenvalue weighted by Gasteiger charge is -2.29. The third kappa shape index (κ3) is 2.07. The maximum Gasteiger partial charge on any atom is 0.123 e. The van der Waals surface area contributed by atoms with E-state index in [-0.39, 0.29) is 0 Å². The molecular weight excluding hydrogens is 176 g/mol. The minimum atomic E-state index is 0.712. The van der Waals surface area contributed by atoms with Gasteiger partial charge in [0.05, 0.1) is 6.20 Å². The molecule has 1 aliphatic rings. The van der Waals surface area contributed by atoms with Crippen molar-refractivity contribution in [2.75, 3.05) is 18.8 Å². The second kappa shape index (κ2) is 4.00. The first-order chi connectivity index (χ1) is 6.75. The number of rotatable bonds is 2. The first kappa shape index (κ1) is 9.52. The molecule has 0 atom stereocenters. The fourth-order valence-electron chi connectivity index (χ4n) is 1.91. The Kier molecular flexibility index (Phi) is 2.72. The number of nitrogen functional groups attached to an aromatic ring is 1. The van der Waals surface area contributed by atoms with Crippen LogP contribution in [0, 0.1) is 5.92 Å². The second-order valence-corrected chi connectivity index (χ2v) is 4.27. The lowest BCUT2D eigenvalue weighted by Crippen LogP contribution is -2.32. The van der Waals surface area contributed by atoms with Gasteiger partial charge < -0.3 is 5.73 Å². The van der Waals surface area contributed by atoms with Crippen molar-refractivity contribution in [2.24, 2.45) is 5.92 Å². The molecule has 4 nitrogen and oxygen atoms in total. The molecule has 3 N–H and O–H groups in total. The van der Waals surface area contributed by atoms with Gasteiger partial charge >= 0.3 is 0 Å². The van der Waals surface area contributed by atoms with Crippen LogP contribution in [0.3, 0.4) is 0 Å². The molecule has 0 bridgehead atoms. The lowest BCUT2D eigenvalue weighted by atomic mass is 9.99. The molecule has 4 heteroatoms. The van der Waals surface area contributed by atoms with Gasteiger partial charge in [0.25, 0.3) is 0 Å². The van der Waals surface area contributed by atoms with Crippen LogP contribution in [0.5, 0.6) is 0 Å². The number of nitrogens with two attached hydrogens (primary N) is 1. The maximum atomic E-state index is 5.74. The predicted molar refractivity (Wildman–Crippen MR) is 56.7 cm³/mol. The number of aromatic amines is 1. The molecule has 0 aromatic carbocycles. The topological polar surface area (TPSA) is 57.9 Å². The largest absolute Gasteiger partial charge is 0.384 e. The molecule has 0 unspecified atom stereocenters. The van der Waals surface area contributed by atoms with Gasteiger partial charge in [0.1, 0.15) is 5.82 Å². The van der Waals surface area contributed by atoms with E-state index in [0.717, 1.165) is 18.0 Å². The quantitative estimate of drug-likeness (QED) is 0.744. The highest BCUT2D eigenvalue weighted by molar-refractivity contribution is 5.36. The van der Waals surface area contributed by atoms with Gasteiger partial charge in [-0.1, -0.05) is 6.92 Å². The maximum absolute atomic E-state index is 5.74. The molecule has 0 aliphatic carbocycles. The van der Waals surface area contributed by atoms with E-state index >= 15 is 0 Å². The van der Waals surface area contributed by atoms with Crippen LogP contribution in [-0.2, 0) is 6.54 Å². The standard InChI is InChI=1S/C10H18N4/c1-8-2-4-14(5-3-8)7-9-6-12-13-10(9)11/h6,8H,2-5,7H2,1H3,(H3,11,12,13). The summed E-state index contributed by atoms with van der Waals surface area (Å²) in [5.41, 5.74) is 6.86. The highest BCUT2D eigenvalue weighted by atomic mass is 15.2. The van der Waals surface area contributed by atoms with Gasteiger partial charge in [-0.05, 0) is 31.8 Å². The van der Waals surface area contributed by atoms with E-state index < -0.39 is 0 Å². The van der Waals surface area contributed by atoms with Gasteiger partial charge in [-0.25, -0.2) is 0 Å². The highest BCUT2D eigenvalue weighted by Gasteiger charge is 2.16. The summed E-state index contributed by atoms with van der Waals surface area (Å²) in [5, 5.41) is 6.69. The number of nitrogens with one attached hydrogen (secondary N) is 1. The summed E-state index contributed by atoms with van der Waals surface area (Å²) in [4.78, 5) is 2.45. The average molecular weight is 194 g/mol. The number of anilines is 1. The highest BCUT2D eigenvalue weighted by Crippen LogP contribution is 2.19. The van der Waals surface area contributed by atoms with Crippen molar-refractivity contribution in [1.82, 2.24) is 15.1 Å². The summed E-state index contributed by atoms with van der Waals surface area (Å²) < 4.78 is 0. The Morgan fingerprint density at radius 3 is 2.86 bits per heavy atom. The van der Waals surface area contributed by atoms with E-state index in [1.807, 2.05) is 6.20 Å². The predicted octanol–water partition coefficient (Wildman–Crippen LogP) is 1.22. The van der Waals surface area contributed by atoms with Crippen LogP contribution in [-0.4, -0.2) is 28.2 Å². The molecule has 0 saturated carbocycles. The summed E-state index contributed by atoms with van der Waals surface area (Å²) >= 11 is 0. The fraction of sp³-hybridized carbons (Fsp3) is 0.700. The van der Waals surface area contributed by atoms with Crippen LogP contribution in [0.1, 0.15) is 25.3 Å². The van der Waals surface area contributed by atoms with Gasteiger partial charge in [0.15, 0.2) is 0 Å². The van der Waals surface area contributed by atoms with Crippen molar-refractivity contribution in [3.05, 3.63) is 11.8 Å². The van der Waals surface area contributed by atoms with Gasteiger partial charge in [-0.2, -0.15) is 5.10 Å². The Labute approximate surface area is 84.5 Å². The Balaban J connectivity index is 1.89. The van der Waals surface area contributed by atoms with E-state index in [1.54, 1.807) is 0 Å². The molecule has 1 aromatic heterocycles. The van der Waals surface area contributed by atoms with Crippen LogP contribution < -0.4 is 5.73 Å². The minimum absolute atomic E-state index is 0.712. The monoisotopic (exact) mass is 194 g/mol. The third-order valence-corrected chi connectivity index (χ3v) is 3.02. The van der Waals surface area contributed by atoms with Crippen molar-refractivity contribution in [3.8, 4) is 0 Å². The summed E-state index contributed by atoms with van der Waals surface area (Å²) in [6, 6.07) is 0. The van der Waals surface area contributed by atoms with Crippen molar-refractivity contribution in [3.63, 3.8) is 0 Å². The zero-order valence-electron chi connectivity index (χ0n) is 8.66. The average Bonchev–Trinajstić information content (AvgIpc) is 2.56.